The lowest BCUT2D eigenvalue weighted by molar-refractivity contribution is -0.165. The highest BCUT2D eigenvalue weighted by atomic mass is 31.2. The highest BCUT2D eigenvalue weighted by Gasteiger charge is 2.46. The number of phenols is 1. The molecular weight excluding hydrogens is 908 g/mol. The van der Waals surface area contributed by atoms with Crippen LogP contribution in [0, 0.1) is 5.92 Å². The minimum Gasteiger partial charge on any atom is -0.508 e. The van der Waals surface area contributed by atoms with Gasteiger partial charge in [0.25, 0.3) is 5.91 Å². The van der Waals surface area contributed by atoms with Crippen LogP contribution < -0.4 is 21.3 Å². The first-order valence-corrected chi connectivity index (χ1v) is 23.6. The Balaban J connectivity index is 1.64. The normalized spacial score (nSPS) is 25.6. The predicted octanol–water partition coefficient (Wildman–Crippen LogP) is -0.0427. The molecule has 21 nitrogen and oxygen atoms in total. The molecule has 2 fully saturated rings. The van der Waals surface area contributed by atoms with E-state index in [0.717, 1.165) is 9.80 Å². The van der Waals surface area contributed by atoms with Gasteiger partial charge in [-0.25, -0.2) is 9.36 Å². The van der Waals surface area contributed by atoms with Gasteiger partial charge in [0, 0.05) is 26.3 Å². The van der Waals surface area contributed by atoms with Crippen LogP contribution in [0.4, 0.5) is 0 Å². The summed E-state index contributed by atoms with van der Waals surface area (Å²) >= 11 is 0. The molecule has 3 aromatic carbocycles. The summed E-state index contributed by atoms with van der Waals surface area (Å²) in [5.74, 6) is -7.74. The number of aliphatic hydroxyl groups excluding tert-OH is 2. The van der Waals surface area contributed by atoms with Crippen LogP contribution in [0.3, 0.4) is 0 Å². The third kappa shape index (κ3) is 14.2. The number of carbonyl (C=O) groups excluding carboxylic acids is 7. The number of hydrogen-bond donors (Lipinski definition) is 9. The van der Waals surface area contributed by atoms with Gasteiger partial charge in [-0.1, -0.05) is 93.1 Å². The first-order valence-electron chi connectivity index (χ1n) is 22.1. The van der Waals surface area contributed by atoms with Crippen molar-refractivity contribution < 1.29 is 72.5 Å². The van der Waals surface area contributed by atoms with E-state index in [9.17, 15) is 48.7 Å². The van der Waals surface area contributed by atoms with Crippen LogP contribution in [0.2, 0.25) is 0 Å². The van der Waals surface area contributed by atoms with E-state index in [0.29, 0.717) is 16.7 Å². The van der Waals surface area contributed by atoms with Crippen LogP contribution in [0.1, 0.15) is 56.7 Å². The van der Waals surface area contributed by atoms with Gasteiger partial charge < -0.3 is 60.9 Å². The third-order valence-electron chi connectivity index (χ3n) is 12.0. The molecule has 2 heterocycles. The van der Waals surface area contributed by atoms with Crippen molar-refractivity contribution >= 4 is 49.2 Å². The average Bonchev–Trinajstić information content (AvgIpc) is 3.30. The summed E-state index contributed by atoms with van der Waals surface area (Å²) in [7, 11) is -3.83. The molecule has 22 heteroatoms. The number of aromatic hydroxyl groups is 1. The van der Waals surface area contributed by atoms with Crippen molar-refractivity contribution in [3.05, 3.63) is 102 Å². The Morgan fingerprint density at radius 2 is 1.38 bits per heavy atom. The van der Waals surface area contributed by atoms with Crippen LogP contribution in [-0.4, -0.2) is 145 Å². The van der Waals surface area contributed by atoms with E-state index in [4.69, 9.17) is 14.5 Å². The monoisotopic (exact) mass is 966 g/mol. The summed E-state index contributed by atoms with van der Waals surface area (Å²) in [5, 5.41) is 42.2. The van der Waals surface area contributed by atoms with Crippen LogP contribution in [-0.2, 0) is 66.6 Å². The van der Waals surface area contributed by atoms with Gasteiger partial charge in [0.05, 0.1) is 6.61 Å². The Morgan fingerprint density at radius 1 is 0.809 bits per heavy atom. The molecule has 2 aliphatic rings. The number of fused-ring (bicyclic) bond motifs is 2. The van der Waals surface area contributed by atoms with E-state index >= 15 is 4.79 Å². The summed E-state index contributed by atoms with van der Waals surface area (Å²) < 4.78 is 21.4. The fourth-order valence-electron chi connectivity index (χ4n) is 7.92. The van der Waals surface area contributed by atoms with E-state index in [-0.39, 0.29) is 44.3 Å². The Labute approximate surface area is 392 Å². The van der Waals surface area contributed by atoms with Crippen LogP contribution in [0.5, 0.6) is 5.75 Å². The Kier molecular flexibility index (Phi) is 18.4. The molecule has 5 rings (SSSR count). The average molecular weight is 967 g/mol. The quantitative estimate of drug-likeness (QED) is 0.0802. The number of nitrogens with zero attached hydrogens (tertiary/aromatic N) is 2. The largest absolute Gasteiger partial charge is 0.508 e. The van der Waals surface area contributed by atoms with E-state index in [1.165, 1.54) is 38.2 Å². The second kappa shape index (κ2) is 23.7. The topological polar surface area (TPSA) is 311 Å². The number of benzene rings is 3. The number of phosphoric acid groups is 1. The van der Waals surface area contributed by atoms with Crippen LogP contribution in [0.25, 0.3) is 0 Å². The zero-order chi connectivity index (χ0) is 49.9. The van der Waals surface area contributed by atoms with Gasteiger partial charge in [-0.05, 0) is 54.5 Å². The smallest absolute Gasteiger partial charge is 0.469 e. The van der Waals surface area contributed by atoms with Crippen molar-refractivity contribution in [2.45, 2.75) is 114 Å². The van der Waals surface area contributed by atoms with Crippen LogP contribution >= 0.6 is 7.82 Å². The number of hydrogen-bond acceptors (Lipinski definition) is 13. The third-order valence-corrected chi connectivity index (χ3v) is 12.5. The molecule has 0 spiro atoms. The maximum atomic E-state index is 15.1. The Morgan fingerprint density at radius 3 is 1.97 bits per heavy atom. The van der Waals surface area contributed by atoms with Gasteiger partial charge in [-0.2, -0.15) is 0 Å². The molecule has 3 aromatic rings. The molecule has 1 unspecified atom stereocenters. The lowest BCUT2D eigenvalue weighted by Crippen LogP contribution is -2.65. The van der Waals surface area contributed by atoms with Gasteiger partial charge >= 0.3 is 13.8 Å². The van der Waals surface area contributed by atoms with E-state index in [1.807, 2.05) is 0 Å². The van der Waals surface area contributed by atoms with Crippen molar-refractivity contribution in [2.75, 3.05) is 13.7 Å². The standard InChI is InChI=1S/C46H59N6O15P/c1-5-26(2)38-46(62)67-27(3)39(50-42(58)36(54)25-66-68(63,64)65)43(59)48-33(22-28-12-8-6-9-13-28)40(56)47-32-20-21-37(55)52(44(32)60)35(24-29-14-10-7-11-15-29)45(61)51(4)34(41(57)49-38)23-30-16-18-31(53)19-17-30/h6-19,26-27,32-39,53-55H,5,20-25H2,1-4H3,(H,47,56)(H,48,59)(H,49,57)(H,50,58)(H2,63,64,65)/t26-,27-,32-,33?,34-,35-,36-,37+,38+,39-/m0/s1. The molecule has 68 heavy (non-hydrogen) atoms. The summed E-state index contributed by atoms with van der Waals surface area (Å²) in [6.45, 7) is 3.35. The number of piperidine rings is 1. The van der Waals surface area contributed by atoms with Gasteiger partial charge in [-0.15, -0.1) is 0 Å². The highest BCUT2D eigenvalue weighted by molar-refractivity contribution is 7.46. The molecule has 10 atom stereocenters. The number of phosphoric ester groups is 1. The van der Waals surface area contributed by atoms with E-state index in [1.54, 1.807) is 74.5 Å². The molecule has 368 valence electrons. The minimum atomic E-state index is -5.17. The van der Waals surface area contributed by atoms with Gasteiger partial charge in [-0.3, -0.25) is 33.3 Å². The first-order chi connectivity index (χ1) is 32.2. The molecule has 9 N–H and O–H groups in total. The number of likely N-dealkylation sites (N-methyl/N-ethyl adjacent to an activating group) is 1. The number of ether oxygens (including phenoxy) is 1. The van der Waals surface area contributed by atoms with Crippen molar-refractivity contribution in [1.82, 2.24) is 31.1 Å². The summed E-state index contributed by atoms with van der Waals surface area (Å²) in [6, 6.07) is 13.7. The molecule has 6 amide bonds. The molecule has 0 aliphatic carbocycles. The summed E-state index contributed by atoms with van der Waals surface area (Å²) in [5.41, 5.74) is 1.61. The second-order valence-corrected chi connectivity index (χ2v) is 18.2. The van der Waals surface area contributed by atoms with Gasteiger partial charge in [0.1, 0.15) is 54.3 Å². The van der Waals surface area contributed by atoms with Gasteiger partial charge in [0.15, 0.2) is 6.10 Å². The molecule has 0 saturated carbocycles. The number of nitrogens with one attached hydrogen (secondary N) is 4. The SMILES string of the molecule is CC[C@H](C)[C@H]1NC(=O)[C@H](Cc2ccc(O)cc2)N(C)C(=O)[C@H](Cc2ccccc2)N2C(=O)[C@H](CC[C@H]2O)NC(=O)C(Cc2ccccc2)NC(=O)[C@@H](NC(=O)[C@@H](O)COP(=O)(O)O)[C@H](C)OC1=O. The number of cyclic esters (lactones) is 1. The maximum Gasteiger partial charge on any atom is 0.469 e. The fraction of sp³-hybridized carbons (Fsp3) is 0.457. The van der Waals surface area contributed by atoms with Gasteiger partial charge in [0.2, 0.25) is 29.5 Å². The Hall–Kier alpha value is -6.22. The molecule has 2 aliphatic heterocycles. The highest BCUT2D eigenvalue weighted by Crippen LogP contribution is 2.35. The zero-order valence-corrected chi connectivity index (χ0v) is 38.9. The van der Waals surface area contributed by atoms with Crippen molar-refractivity contribution in [1.29, 1.82) is 0 Å². The van der Waals surface area contributed by atoms with Crippen molar-refractivity contribution in [2.24, 2.45) is 5.92 Å². The minimum absolute atomic E-state index is 0.0717. The van der Waals surface area contributed by atoms with E-state index < -0.39 is 116 Å². The molecular formula is C46H59N6O15P. The lowest BCUT2D eigenvalue weighted by atomic mass is 9.95. The number of aliphatic hydroxyl groups is 2. The fourth-order valence-corrected chi connectivity index (χ4v) is 8.25. The molecule has 0 radical (unpaired) electrons. The van der Waals surface area contributed by atoms with Crippen LogP contribution in [0.15, 0.2) is 84.9 Å². The van der Waals surface area contributed by atoms with Crippen molar-refractivity contribution in [3.8, 4) is 5.75 Å². The zero-order valence-electron chi connectivity index (χ0n) is 38.0. The molecule has 2 bridgehead atoms. The van der Waals surface area contributed by atoms with Crippen molar-refractivity contribution in [3.63, 3.8) is 0 Å². The number of esters is 1. The number of phenolic OH excluding ortho intramolecular Hbond substituents is 1. The second-order valence-electron chi connectivity index (χ2n) is 17.0. The first kappa shape index (κ1) is 52.7. The molecule has 0 aromatic heterocycles. The number of amides is 6. The lowest BCUT2D eigenvalue weighted by Gasteiger charge is -2.43. The summed E-state index contributed by atoms with van der Waals surface area (Å²) in [4.78, 5) is 121. The predicted molar refractivity (Wildman–Crippen MR) is 241 cm³/mol. The maximum absolute atomic E-state index is 15.1. The van der Waals surface area contributed by atoms with E-state index in [2.05, 4.69) is 25.8 Å². The Bertz CT molecular complexity index is 2300. The summed E-state index contributed by atoms with van der Waals surface area (Å²) in [6.07, 6.45) is -5.87. The molecule has 2 saturated heterocycles. The number of carbonyl (C=O) groups is 7. The number of rotatable bonds is 13.